The Morgan fingerprint density at radius 3 is 2.47 bits per heavy atom. The quantitative estimate of drug-likeness (QED) is 0.352. The van der Waals surface area contributed by atoms with Crippen LogP contribution in [0.2, 0.25) is 0 Å². The second-order valence-electron chi connectivity index (χ2n) is 7.19. The Kier molecular flexibility index (Phi) is 9.47. The molecule has 0 aliphatic carbocycles. The van der Waals surface area contributed by atoms with Crippen LogP contribution in [0.15, 0.2) is 23.0 Å². The molecule has 36 heavy (non-hydrogen) atoms. The minimum Gasteiger partial charge on any atom is -0.463 e. The van der Waals surface area contributed by atoms with E-state index in [1.807, 2.05) is 0 Å². The van der Waals surface area contributed by atoms with E-state index in [2.05, 4.69) is 9.47 Å². The number of halogens is 4. The van der Waals surface area contributed by atoms with E-state index in [0.29, 0.717) is 26.3 Å². The van der Waals surface area contributed by atoms with Crippen molar-refractivity contribution >= 4 is 35.4 Å². The summed E-state index contributed by atoms with van der Waals surface area (Å²) >= 11 is 0.815. The Balaban J connectivity index is 2.08. The van der Waals surface area contributed by atoms with Crippen LogP contribution in [-0.2, 0) is 25.6 Å². The lowest BCUT2D eigenvalue weighted by molar-refractivity contribution is -0.136. The summed E-state index contributed by atoms with van der Waals surface area (Å²) in [5.74, 6) is -2.05. The molecule has 1 amide bonds. The first-order valence-electron chi connectivity index (χ1n) is 10.7. The highest BCUT2D eigenvalue weighted by atomic mass is 32.1. The summed E-state index contributed by atoms with van der Waals surface area (Å²) in [5.41, 5.74) is -0.710. The highest BCUT2D eigenvalue weighted by Crippen LogP contribution is 2.28. The molecule has 14 heteroatoms. The number of ether oxygens (including phenoxy) is 4. The number of benzene rings is 1. The van der Waals surface area contributed by atoms with Gasteiger partial charge >= 0.3 is 19.2 Å². The Bertz CT molecular complexity index is 1260. The maximum Gasteiger partial charge on any atom is 0.387 e. The summed E-state index contributed by atoms with van der Waals surface area (Å²) < 4.78 is 70.8. The molecule has 1 aliphatic heterocycles. The fourth-order valence-corrected chi connectivity index (χ4v) is 4.30. The van der Waals surface area contributed by atoms with Crippen molar-refractivity contribution < 1.29 is 46.1 Å². The van der Waals surface area contributed by atoms with Gasteiger partial charge in [-0.1, -0.05) is 0 Å². The lowest BCUT2D eigenvalue weighted by atomic mass is 10.2. The van der Waals surface area contributed by atoms with E-state index >= 15 is 0 Å². The molecule has 196 valence electrons. The maximum atomic E-state index is 13.2. The van der Waals surface area contributed by atoms with Gasteiger partial charge < -0.3 is 23.8 Å². The average Bonchev–Trinajstić information content (AvgIpc) is 3.09. The van der Waals surface area contributed by atoms with Gasteiger partial charge in [0, 0.05) is 24.7 Å². The van der Waals surface area contributed by atoms with E-state index in [1.165, 1.54) is 11.0 Å². The summed E-state index contributed by atoms with van der Waals surface area (Å²) in [7, 11) is 0. The van der Waals surface area contributed by atoms with Crippen molar-refractivity contribution in [2.24, 2.45) is 0 Å². The van der Waals surface area contributed by atoms with Gasteiger partial charge in [0.25, 0.3) is 5.56 Å². The largest absolute Gasteiger partial charge is 0.463 e. The van der Waals surface area contributed by atoms with Gasteiger partial charge in [-0.2, -0.15) is 17.6 Å². The molecule has 1 fully saturated rings. The number of rotatable bonds is 9. The predicted octanol–water partition coefficient (Wildman–Crippen LogP) is 1.14. The molecule has 2 heterocycles. The van der Waals surface area contributed by atoms with Gasteiger partial charge in [0.15, 0.2) is 0 Å². The van der Waals surface area contributed by atoms with Crippen LogP contribution in [0.3, 0.4) is 0 Å². The predicted molar refractivity (Wildman–Crippen MR) is 120 cm³/mol. The number of nitrogens with zero attached hydrogens (tertiary/aromatic N) is 2. The molecule has 0 N–H and O–H groups in total. The van der Waals surface area contributed by atoms with Crippen LogP contribution >= 0.6 is 11.3 Å². The number of alkyl halides is 4. The van der Waals surface area contributed by atoms with E-state index in [4.69, 9.17) is 9.47 Å². The van der Waals surface area contributed by atoms with Crippen molar-refractivity contribution in [3.8, 4) is 11.5 Å². The Morgan fingerprint density at radius 1 is 1.14 bits per heavy atom. The number of thiazole rings is 1. The third-order valence-corrected chi connectivity index (χ3v) is 5.89. The molecule has 9 nitrogen and oxygen atoms in total. The van der Waals surface area contributed by atoms with Gasteiger partial charge in [0.1, 0.15) is 22.7 Å². The molecular weight excluding hydrogens is 512 g/mol. The highest BCUT2D eigenvalue weighted by Gasteiger charge is 2.20. The SMILES string of the molecule is CCOC(=O)/C=c1\s/c(=C\c2ccc(OC(F)F)cc2OC(F)F)c(=O)n1CC(=O)N1CCOCC1. The Hall–Kier alpha value is -3.39. The Labute approximate surface area is 205 Å². The molecule has 0 saturated carbocycles. The molecule has 1 aromatic carbocycles. The van der Waals surface area contributed by atoms with E-state index in [0.717, 1.165) is 40.2 Å². The topological polar surface area (TPSA) is 96.3 Å². The van der Waals surface area contributed by atoms with Gasteiger partial charge in [0.05, 0.1) is 30.4 Å². The molecule has 0 spiro atoms. The number of carbonyl (C=O) groups excluding carboxylic acids is 2. The molecule has 1 aliphatic rings. The van der Waals surface area contributed by atoms with Gasteiger partial charge in [-0.3, -0.25) is 14.2 Å². The van der Waals surface area contributed by atoms with Crippen LogP contribution in [0.1, 0.15) is 12.5 Å². The molecule has 3 rings (SSSR count). The standard InChI is InChI=1S/C22H22F4N2O7S/c1-2-33-19(30)11-18-28(12-17(29)27-5-7-32-8-6-27)20(31)16(36-18)9-13-3-4-14(34-21(23)24)10-15(13)35-22(25)26/h3-4,9-11,21-22H,2,5-8,12H2,1H3/b16-9-,18-11-. The highest BCUT2D eigenvalue weighted by molar-refractivity contribution is 7.07. The molecule has 1 aromatic heterocycles. The van der Waals surface area contributed by atoms with E-state index in [1.54, 1.807) is 6.92 Å². The fourth-order valence-electron chi connectivity index (χ4n) is 3.27. The van der Waals surface area contributed by atoms with Crippen molar-refractivity contribution in [2.75, 3.05) is 32.9 Å². The molecule has 2 aromatic rings. The third-order valence-electron chi connectivity index (χ3n) is 4.83. The molecule has 0 unspecified atom stereocenters. The number of morpholine rings is 1. The van der Waals surface area contributed by atoms with Crippen molar-refractivity contribution in [1.29, 1.82) is 0 Å². The van der Waals surface area contributed by atoms with Gasteiger partial charge in [-0.05, 0) is 25.1 Å². The summed E-state index contributed by atoms with van der Waals surface area (Å²) in [4.78, 5) is 39.5. The number of amides is 1. The van der Waals surface area contributed by atoms with E-state index in [-0.39, 0.29) is 33.8 Å². The van der Waals surface area contributed by atoms with E-state index < -0.39 is 36.3 Å². The first-order valence-corrected chi connectivity index (χ1v) is 11.5. The van der Waals surface area contributed by atoms with Crippen molar-refractivity contribution in [3.05, 3.63) is 43.3 Å². The minimum absolute atomic E-state index is 0.0260. The van der Waals surface area contributed by atoms with Crippen LogP contribution < -0.4 is 24.2 Å². The van der Waals surface area contributed by atoms with Crippen LogP contribution in [0.4, 0.5) is 17.6 Å². The number of hydrogen-bond acceptors (Lipinski definition) is 8. The van der Waals surface area contributed by atoms with Crippen molar-refractivity contribution in [2.45, 2.75) is 26.7 Å². The summed E-state index contributed by atoms with van der Waals surface area (Å²) in [6.07, 6.45) is 2.24. The van der Waals surface area contributed by atoms with Crippen LogP contribution in [-0.4, -0.2) is 67.5 Å². The number of esters is 1. The van der Waals surface area contributed by atoms with Crippen molar-refractivity contribution in [1.82, 2.24) is 9.47 Å². The average molecular weight is 534 g/mol. The minimum atomic E-state index is -3.28. The lowest BCUT2D eigenvalue weighted by Gasteiger charge is -2.26. The first-order chi connectivity index (χ1) is 17.2. The summed E-state index contributed by atoms with van der Waals surface area (Å²) in [5, 5.41) is 0. The molecular formula is C22H22F4N2O7S. The summed E-state index contributed by atoms with van der Waals surface area (Å²) in [6, 6.07) is 3.09. The lowest BCUT2D eigenvalue weighted by Crippen LogP contribution is -2.45. The second-order valence-corrected chi connectivity index (χ2v) is 8.25. The second kappa shape index (κ2) is 12.5. The number of carbonyl (C=O) groups is 2. The van der Waals surface area contributed by atoms with Gasteiger partial charge in [0.2, 0.25) is 5.91 Å². The van der Waals surface area contributed by atoms with Crippen LogP contribution in [0, 0.1) is 0 Å². The first kappa shape index (κ1) is 27.2. The number of aromatic nitrogens is 1. The zero-order valence-electron chi connectivity index (χ0n) is 19.0. The molecule has 0 radical (unpaired) electrons. The molecule has 1 saturated heterocycles. The Morgan fingerprint density at radius 2 is 1.83 bits per heavy atom. The zero-order chi connectivity index (χ0) is 26.2. The van der Waals surface area contributed by atoms with Gasteiger partial charge in [-0.15, -0.1) is 11.3 Å². The summed E-state index contributed by atoms with van der Waals surface area (Å²) in [6.45, 7) is -3.78. The maximum absolute atomic E-state index is 13.2. The number of hydrogen-bond donors (Lipinski definition) is 0. The third kappa shape index (κ3) is 7.31. The van der Waals surface area contributed by atoms with E-state index in [9.17, 15) is 31.9 Å². The fraction of sp³-hybridized carbons (Fsp3) is 0.409. The monoisotopic (exact) mass is 534 g/mol. The van der Waals surface area contributed by atoms with Crippen LogP contribution in [0.5, 0.6) is 11.5 Å². The van der Waals surface area contributed by atoms with Crippen LogP contribution in [0.25, 0.3) is 12.2 Å². The normalized spacial score (nSPS) is 15.0. The molecule has 0 bridgehead atoms. The van der Waals surface area contributed by atoms with Gasteiger partial charge in [-0.25, -0.2) is 4.79 Å². The molecule has 0 atom stereocenters. The van der Waals surface area contributed by atoms with Crippen molar-refractivity contribution in [3.63, 3.8) is 0 Å². The smallest absolute Gasteiger partial charge is 0.387 e. The zero-order valence-corrected chi connectivity index (χ0v) is 19.8.